The molecule has 0 bridgehead atoms. The highest BCUT2D eigenvalue weighted by molar-refractivity contribution is 7.89. The third-order valence-electron chi connectivity index (χ3n) is 4.92. The summed E-state index contributed by atoms with van der Waals surface area (Å²) in [6, 6.07) is 9.99. The number of rotatable bonds is 4. The molecule has 2 aromatic rings. The second-order valence-electron chi connectivity index (χ2n) is 6.81. The molecule has 7 heteroatoms. The molecule has 1 amide bonds. The lowest BCUT2D eigenvalue weighted by molar-refractivity contribution is 0.102. The number of aryl methyl sites for hydroxylation is 1. The van der Waals surface area contributed by atoms with Crippen LogP contribution in [0.25, 0.3) is 0 Å². The number of halogens is 1. The highest BCUT2D eigenvalue weighted by Gasteiger charge is 2.27. The van der Waals surface area contributed by atoms with E-state index in [1.54, 1.807) is 37.3 Å². The molecule has 0 spiro atoms. The van der Waals surface area contributed by atoms with E-state index in [9.17, 15) is 13.2 Å². The van der Waals surface area contributed by atoms with Gasteiger partial charge in [0.15, 0.2) is 0 Å². The lowest BCUT2D eigenvalue weighted by Crippen LogP contribution is -2.35. The summed E-state index contributed by atoms with van der Waals surface area (Å²) >= 11 is 6.11. The van der Waals surface area contributed by atoms with Crippen molar-refractivity contribution in [3.63, 3.8) is 0 Å². The van der Waals surface area contributed by atoms with Crippen LogP contribution in [0.3, 0.4) is 0 Å². The minimum Gasteiger partial charge on any atom is -0.322 e. The first kappa shape index (κ1) is 19.9. The number of piperidine rings is 1. The zero-order valence-electron chi connectivity index (χ0n) is 15.5. The van der Waals surface area contributed by atoms with E-state index in [-0.39, 0.29) is 10.8 Å². The number of anilines is 1. The fourth-order valence-corrected chi connectivity index (χ4v) is 4.91. The number of carbonyl (C=O) groups excluding carboxylic acids is 1. The molecule has 1 saturated heterocycles. The van der Waals surface area contributed by atoms with Crippen molar-refractivity contribution in [2.75, 3.05) is 18.4 Å². The van der Waals surface area contributed by atoms with Gasteiger partial charge in [-0.05, 0) is 62.1 Å². The molecule has 0 unspecified atom stereocenters. The van der Waals surface area contributed by atoms with Crippen molar-refractivity contribution in [2.45, 2.75) is 38.0 Å². The van der Waals surface area contributed by atoms with Crippen molar-refractivity contribution in [1.29, 1.82) is 0 Å². The molecule has 3 rings (SSSR count). The van der Waals surface area contributed by atoms with Crippen LogP contribution in [-0.2, 0) is 10.0 Å². The molecule has 2 aromatic carbocycles. The predicted molar refractivity (Wildman–Crippen MR) is 108 cm³/mol. The van der Waals surface area contributed by atoms with Gasteiger partial charge in [-0.3, -0.25) is 4.79 Å². The van der Waals surface area contributed by atoms with Crippen LogP contribution in [0.5, 0.6) is 0 Å². The average molecular weight is 407 g/mol. The molecule has 0 radical (unpaired) electrons. The van der Waals surface area contributed by atoms with E-state index in [0.29, 0.717) is 34.9 Å². The fraction of sp³-hybridized carbons (Fsp3) is 0.350. The lowest BCUT2D eigenvalue weighted by atomic mass is 10.1. The maximum absolute atomic E-state index is 12.9. The zero-order valence-corrected chi connectivity index (χ0v) is 17.0. The normalized spacial score (nSPS) is 15.5. The Balaban J connectivity index is 1.91. The SMILES string of the molecule is Cc1ccc(S(=O)(=O)N2CCCCC2)cc1C(=O)Nc1cccc(Cl)c1C. The Morgan fingerprint density at radius 2 is 1.78 bits per heavy atom. The topological polar surface area (TPSA) is 66.5 Å². The quantitative estimate of drug-likeness (QED) is 0.819. The van der Waals surface area contributed by atoms with Crippen LogP contribution in [0.4, 0.5) is 5.69 Å². The summed E-state index contributed by atoms with van der Waals surface area (Å²) in [6.45, 7) is 4.66. The molecule has 0 atom stereocenters. The van der Waals surface area contributed by atoms with Crippen LogP contribution in [0.15, 0.2) is 41.3 Å². The number of carbonyl (C=O) groups is 1. The molecule has 1 aliphatic rings. The second kappa shape index (κ2) is 8.00. The van der Waals surface area contributed by atoms with Gasteiger partial charge in [0.25, 0.3) is 5.91 Å². The predicted octanol–water partition coefficient (Wildman–Crippen LogP) is 4.38. The van der Waals surface area contributed by atoms with Crippen molar-refractivity contribution < 1.29 is 13.2 Å². The second-order valence-corrected chi connectivity index (χ2v) is 9.15. The van der Waals surface area contributed by atoms with Crippen molar-refractivity contribution in [3.8, 4) is 0 Å². The maximum atomic E-state index is 12.9. The van der Waals surface area contributed by atoms with E-state index in [2.05, 4.69) is 5.32 Å². The first-order valence-corrected chi connectivity index (χ1v) is 10.8. The summed E-state index contributed by atoms with van der Waals surface area (Å²) < 4.78 is 27.3. The minimum atomic E-state index is -3.59. The van der Waals surface area contributed by atoms with Crippen LogP contribution in [0.1, 0.15) is 40.7 Å². The van der Waals surface area contributed by atoms with Crippen LogP contribution >= 0.6 is 11.6 Å². The summed E-state index contributed by atoms with van der Waals surface area (Å²) in [5.74, 6) is -0.353. The molecule has 0 aromatic heterocycles. The molecule has 144 valence electrons. The van der Waals surface area contributed by atoms with Gasteiger partial charge in [0.1, 0.15) is 0 Å². The molecule has 1 fully saturated rings. The smallest absolute Gasteiger partial charge is 0.255 e. The van der Waals surface area contributed by atoms with E-state index in [1.807, 2.05) is 6.92 Å². The van der Waals surface area contributed by atoms with Gasteiger partial charge in [-0.1, -0.05) is 30.2 Å². The molecule has 1 aliphatic heterocycles. The summed E-state index contributed by atoms with van der Waals surface area (Å²) in [4.78, 5) is 12.9. The lowest BCUT2D eigenvalue weighted by Gasteiger charge is -2.26. The van der Waals surface area contributed by atoms with Gasteiger partial charge in [0.05, 0.1) is 4.90 Å². The van der Waals surface area contributed by atoms with Gasteiger partial charge in [-0.25, -0.2) is 8.42 Å². The molecular formula is C20H23ClN2O3S. The number of hydrogen-bond donors (Lipinski definition) is 1. The van der Waals surface area contributed by atoms with Gasteiger partial charge < -0.3 is 5.32 Å². The van der Waals surface area contributed by atoms with Gasteiger partial charge in [-0.2, -0.15) is 4.31 Å². The summed E-state index contributed by atoms with van der Waals surface area (Å²) in [7, 11) is -3.59. The molecule has 27 heavy (non-hydrogen) atoms. The summed E-state index contributed by atoms with van der Waals surface area (Å²) in [6.07, 6.45) is 2.78. The fourth-order valence-electron chi connectivity index (χ4n) is 3.19. The molecular weight excluding hydrogens is 384 g/mol. The average Bonchev–Trinajstić information content (AvgIpc) is 2.66. The van der Waals surface area contributed by atoms with Crippen molar-refractivity contribution in [1.82, 2.24) is 4.31 Å². The van der Waals surface area contributed by atoms with E-state index in [4.69, 9.17) is 11.6 Å². The Kier molecular flexibility index (Phi) is 5.89. The van der Waals surface area contributed by atoms with Crippen molar-refractivity contribution in [2.24, 2.45) is 0 Å². The molecule has 0 aliphatic carbocycles. The Morgan fingerprint density at radius 3 is 2.48 bits per heavy atom. The molecule has 5 nitrogen and oxygen atoms in total. The standard InChI is InChI=1S/C20H23ClN2O3S/c1-14-9-10-16(27(25,26)23-11-4-3-5-12-23)13-17(14)20(24)22-19-8-6-7-18(21)15(19)2/h6-10,13H,3-5,11-12H2,1-2H3,(H,22,24). The highest BCUT2D eigenvalue weighted by Crippen LogP contribution is 2.26. The van der Waals surface area contributed by atoms with E-state index < -0.39 is 10.0 Å². The molecule has 1 N–H and O–H groups in total. The third-order valence-corrected chi connectivity index (χ3v) is 7.23. The van der Waals surface area contributed by atoms with Gasteiger partial charge in [-0.15, -0.1) is 0 Å². The Labute approximate surface area is 165 Å². The number of benzene rings is 2. The van der Waals surface area contributed by atoms with Crippen LogP contribution in [-0.4, -0.2) is 31.7 Å². The monoisotopic (exact) mass is 406 g/mol. The zero-order chi connectivity index (χ0) is 19.6. The van der Waals surface area contributed by atoms with Crippen molar-refractivity contribution >= 4 is 33.2 Å². The highest BCUT2D eigenvalue weighted by atomic mass is 35.5. The number of amides is 1. The number of nitrogens with zero attached hydrogens (tertiary/aromatic N) is 1. The van der Waals surface area contributed by atoms with Gasteiger partial charge in [0.2, 0.25) is 10.0 Å². The molecule has 0 saturated carbocycles. The van der Waals surface area contributed by atoms with Crippen molar-refractivity contribution in [3.05, 3.63) is 58.1 Å². The number of nitrogens with one attached hydrogen (secondary N) is 1. The minimum absolute atomic E-state index is 0.156. The molecule has 1 heterocycles. The van der Waals surface area contributed by atoms with E-state index in [1.165, 1.54) is 10.4 Å². The number of hydrogen-bond acceptors (Lipinski definition) is 3. The summed E-state index contributed by atoms with van der Waals surface area (Å²) in [5, 5.41) is 3.40. The van der Waals surface area contributed by atoms with Crippen LogP contribution in [0.2, 0.25) is 5.02 Å². The van der Waals surface area contributed by atoms with Crippen LogP contribution < -0.4 is 5.32 Å². The van der Waals surface area contributed by atoms with Gasteiger partial charge >= 0.3 is 0 Å². The first-order valence-electron chi connectivity index (χ1n) is 8.98. The first-order chi connectivity index (χ1) is 12.8. The van der Waals surface area contributed by atoms with E-state index >= 15 is 0 Å². The third kappa shape index (κ3) is 4.18. The Morgan fingerprint density at radius 1 is 1.07 bits per heavy atom. The van der Waals surface area contributed by atoms with E-state index in [0.717, 1.165) is 24.8 Å². The van der Waals surface area contributed by atoms with Gasteiger partial charge in [0, 0.05) is 29.4 Å². The number of sulfonamides is 1. The largest absolute Gasteiger partial charge is 0.322 e. The summed E-state index contributed by atoms with van der Waals surface area (Å²) in [5.41, 5.74) is 2.43. The Bertz CT molecular complexity index is 967. The van der Waals surface area contributed by atoms with Crippen LogP contribution in [0, 0.1) is 13.8 Å². The Hall–Kier alpha value is -1.89. The maximum Gasteiger partial charge on any atom is 0.255 e.